The summed E-state index contributed by atoms with van der Waals surface area (Å²) in [4.78, 5) is 32.8. The Bertz CT molecular complexity index is 298. The highest BCUT2D eigenvalue weighted by Gasteiger charge is 2.28. The van der Waals surface area contributed by atoms with Crippen LogP contribution in [-0.4, -0.2) is 41.6 Å². The molecule has 1 saturated heterocycles. The Morgan fingerprint density at radius 3 is 2.62 bits per heavy atom. The van der Waals surface area contributed by atoms with Gasteiger partial charge in [-0.2, -0.15) is 0 Å². The molecule has 0 aromatic rings. The second-order valence-corrected chi connectivity index (χ2v) is 3.57. The molecule has 0 aromatic carbocycles. The summed E-state index contributed by atoms with van der Waals surface area (Å²) in [5.41, 5.74) is 4.88. The summed E-state index contributed by atoms with van der Waals surface area (Å²) in [5, 5.41) is 11.0. The van der Waals surface area contributed by atoms with Gasteiger partial charge < -0.3 is 20.9 Å². The molecular formula is C9H14N2O5. The lowest BCUT2D eigenvalue weighted by atomic mass is 10.1. The van der Waals surface area contributed by atoms with Gasteiger partial charge >= 0.3 is 5.97 Å². The standard InChI is InChI=1S/C9H14N2O5/c10-7(12)4-5(9(14)15)11-8(13)6-2-1-3-16-6/h5-6H,1-4H2,(H2,10,12)(H,11,13)(H,14,15)/t5-,6?/m1/s1. The molecule has 0 spiro atoms. The predicted molar refractivity (Wildman–Crippen MR) is 52.4 cm³/mol. The number of carbonyl (C=O) groups excluding carboxylic acids is 2. The summed E-state index contributed by atoms with van der Waals surface area (Å²) in [6, 6.07) is -1.28. The molecular weight excluding hydrogens is 216 g/mol. The number of carboxylic acid groups (broad SMARTS) is 1. The molecule has 1 aliphatic heterocycles. The van der Waals surface area contributed by atoms with Crippen LogP contribution in [0.5, 0.6) is 0 Å². The predicted octanol–water partition coefficient (Wildman–Crippen LogP) is -1.39. The number of rotatable bonds is 5. The van der Waals surface area contributed by atoms with Crippen molar-refractivity contribution in [1.82, 2.24) is 5.32 Å². The molecule has 2 amide bonds. The minimum atomic E-state index is -1.29. The number of ether oxygens (including phenoxy) is 1. The molecule has 7 heteroatoms. The van der Waals surface area contributed by atoms with E-state index in [1.54, 1.807) is 0 Å². The number of carbonyl (C=O) groups is 3. The summed E-state index contributed by atoms with van der Waals surface area (Å²) in [5.74, 6) is -2.57. The monoisotopic (exact) mass is 230 g/mol. The Hall–Kier alpha value is -1.63. The van der Waals surface area contributed by atoms with E-state index in [-0.39, 0.29) is 0 Å². The molecule has 0 radical (unpaired) electrons. The number of carboxylic acids is 1. The van der Waals surface area contributed by atoms with Crippen LogP contribution in [0.1, 0.15) is 19.3 Å². The summed E-state index contributed by atoms with van der Waals surface area (Å²) in [7, 11) is 0. The number of nitrogens with one attached hydrogen (secondary N) is 1. The highest BCUT2D eigenvalue weighted by atomic mass is 16.5. The zero-order valence-electron chi connectivity index (χ0n) is 8.64. The highest BCUT2D eigenvalue weighted by molar-refractivity contribution is 5.89. The third-order valence-electron chi connectivity index (χ3n) is 2.24. The Morgan fingerprint density at radius 1 is 1.50 bits per heavy atom. The number of nitrogens with two attached hydrogens (primary N) is 1. The van der Waals surface area contributed by atoms with Crippen LogP contribution in [0.4, 0.5) is 0 Å². The zero-order valence-corrected chi connectivity index (χ0v) is 8.64. The van der Waals surface area contributed by atoms with Gasteiger partial charge in [-0.15, -0.1) is 0 Å². The molecule has 1 heterocycles. The van der Waals surface area contributed by atoms with Gasteiger partial charge in [0.2, 0.25) is 11.8 Å². The Labute approximate surface area is 91.9 Å². The highest BCUT2D eigenvalue weighted by Crippen LogP contribution is 2.12. The molecule has 1 unspecified atom stereocenters. The molecule has 1 aliphatic rings. The van der Waals surface area contributed by atoms with E-state index in [2.05, 4.69) is 5.32 Å². The summed E-state index contributed by atoms with van der Waals surface area (Å²) < 4.78 is 5.08. The molecule has 0 saturated carbocycles. The average molecular weight is 230 g/mol. The minimum absolute atomic E-state index is 0.423. The fraction of sp³-hybridized carbons (Fsp3) is 0.667. The number of hydrogen-bond donors (Lipinski definition) is 3. The van der Waals surface area contributed by atoms with Gasteiger partial charge in [0.1, 0.15) is 12.1 Å². The van der Waals surface area contributed by atoms with Crippen molar-refractivity contribution in [2.45, 2.75) is 31.4 Å². The summed E-state index contributed by atoms with van der Waals surface area (Å²) >= 11 is 0. The van der Waals surface area contributed by atoms with Crippen molar-refractivity contribution in [1.29, 1.82) is 0 Å². The molecule has 90 valence electrons. The first kappa shape index (κ1) is 12.4. The first-order valence-corrected chi connectivity index (χ1v) is 4.94. The van der Waals surface area contributed by atoms with E-state index in [1.807, 2.05) is 0 Å². The second kappa shape index (κ2) is 5.45. The quantitative estimate of drug-likeness (QED) is 0.537. The van der Waals surface area contributed by atoms with Crippen molar-refractivity contribution in [3.05, 3.63) is 0 Å². The Morgan fingerprint density at radius 2 is 2.19 bits per heavy atom. The third kappa shape index (κ3) is 3.50. The molecule has 0 aromatic heterocycles. The van der Waals surface area contributed by atoms with Crippen molar-refractivity contribution in [3.63, 3.8) is 0 Å². The van der Waals surface area contributed by atoms with Crippen LogP contribution in [-0.2, 0) is 19.1 Å². The van der Waals surface area contributed by atoms with Crippen molar-refractivity contribution in [2.75, 3.05) is 6.61 Å². The lowest BCUT2D eigenvalue weighted by Gasteiger charge is -2.15. The topological polar surface area (TPSA) is 119 Å². The molecule has 16 heavy (non-hydrogen) atoms. The molecule has 4 N–H and O–H groups in total. The van der Waals surface area contributed by atoms with Crippen molar-refractivity contribution in [3.8, 4) is 0 Å². The van der Waals surface area contributed by atoms with Crippen LogP contribution >= 0.6 is 0 Å². The van der Waals surface area contributed by atoms with Gasteiger partial charge in [0.15, 0.2) is 0 Å². The second-order valence-electron chi connectivity index (χ2n) is 3.57. The number of amides is 2. The first-order chi connectivity index (χ1) is 7.50. The van der Waals surface area contributed by atoms with Crippen LogP contribution in [0.25, 0.3) is 0 Å². The third-order valence-corrected chi connectivity index (χ3v) is 2.24. The fourth-order valence-corrected chi connectivity index (χ4v) is 1.45. The van der Waals surface area contributed by atoms with Crippen molar-refractivity contribution >= 4 is 17.8 Å². The largest absolute Gasteiger partial charge is 0.480 e. The molecule has 2 atom stereocenters. The van der Waals surface area contributed by atoms with E-state index < -0.39 is 36.4 Å². The Balaban J connectivity index is 2.50. The maximum Gasteiger partial charge on any atom is 0.326 e. The van der Waals surface area contributed by atoms with Gasteiger partial charge in [0, 0.05) is 6.61 Å². The van der Waals surface area contributed by atoms with Crippen LogP contribution < -0.4 is 11.1 Å². The SMILES string of the molecule is NC(=O)C[C@@H](NC(=O)C1CCCO1)C(=O)O. The van der Waals surface area contributed by atoms with E-state index in [4.69, 9.17) is 15.6 Å². The number of primary amides is 1. The minimum Gasteiger partial charge on any atom is -0.480 e. The van der Waals surface area contributed by atoms with Gasteiger partial charge in [-0.3, -0.25) is 9.59 Å². The van der Waals surface area contributed by atoms with Gasteiger partial charge in [0.25, 0.3) is 0 Å². The zero-order chi connectivity index (χ0) is 12.1. The first-order valence-electron chi connectivity index (χ1n) is 4.94. The fourth-order valence-electron chi connectivity index (χ4n) is 1.45. The van der Waals surface area contributed by atoms with Gasteiger partial charge in [-0.05, 0) is 12.8 Å². The van der Waals surface area contributed by atoms with E-state index in [0.717, 1.165) is 6.42 Å². The molecule has 0 aliphatic carbocycles. The molecule has 1 fully saturated rings. The smallest absolute Gasteiger partial charge is 0.326 e. The van der Waals surface area contributed by atoms with Crippen molar-refractivity contribution in [2.24, 2.45) is 5.73 Å². The van der Waals surface area contributed by atoms with Crippen molar-refractivity contribution < 1.29 is 24.2 Å². The lowest BCUT2D eigenvalue weighted by Crippen LogP contribution is -2.47. The average Bonchev–Trinajstić information content (AvgIpc) is 2.68. The Kier molecular flexibility index (Phi) is 4.24. The molecule has 1 rings (SSSR count). The van der Waals surface area contributed by atoms with E-state index >= 15 is 0 Å². The van der Waals surface area contributed by atoms with Crippen LogP contribution in [0.3, 0.4) is 0 Å². The summed E-state index contributed by atoms with van der Waals surface area (Å²) in [6.07, 6.45) is 0.295. The maximum absolute atomic E-state index is 11.5. The maximum atomic E-state index is 11.5. The summed E-state index contributed by atoms with van der Waals surface area (Å²) in [6.45, 7) is 0.492. The molecule has 7 nitrogen and oxygen atoms in total. The number of hydrogen-bond acceptors (Lipinski definition) is 4. The van der Waals surface area contributed by atoms with Crippen LogP contribution in [0.2, 0.25) is 0 Å². The number of aliphatic carboxylic acids is 1. The normalized spacial score (nSPS) is 21.4. The molecule has 0 bridgehead atoms. The van der Waals surface area contributed by atoms with Crippen LogP contribution in [0.15, 0.2) is 0 Å². The van der Waals surface area contributed by atoms with E-state index in [1.165, 1.54) is 0 Å². The van der Waals surface area contributed by atoms with E-state index in [0.29, 0.717) is 13.0 Å². The van der Waals surface area contributed by atoms with Gasteiger partial charge in [-0.25, -0.2) is 4.79 Å². The van der Waals surface area contributed by atoms with Crippen LogP contribution in [0, 0.1) is 0 Å². The van der Waals surface area contributed by atoms with Gasteiger partial charge in [0.05, 0.1) is 6.42 Å². The van der Waals surface area contributed by atoms with Gasteiger partial charge in [-0.1, -0.05) is 0 Å². The van der Waals surface area contributed by atoms with E-state index in [9.17, 15) is 14.4 Å². The lowest BCUT2D eigenvalue weighted by molar-refractivity contribution is -0.144.